The van der Waals surface area contributed by atoms with E-state index in [2.05, 4.69) is 42.3 Å². The first-order valence-corrected chi connectivity index (χ1v) is 10.1. The van der Waals surface area contributed by atoms with Crippen molar-refractivity contribution in [1.29, 1.82) is 0 Å². The molecule has 1 heterocycles. The number of nitrogens with one attached hydrogen (secondary N) is 1. The van der Waals surface area contributed by atoms with Crippen LogP contribution in [0.4, 0.5) is 5.69 Å². The molecule has 1 N–H and O–H groups in total. The maximum Gasteiger partial charge on any atom is 0.234 e. The van der Waals surface area contributed by atoms with Gasteiger partial charge >= 0.3 is 0 Å². The smallest absolute Gasteiger partial charge is 0.234 e. The zero-order valence-electron chi connectivity index (χ0n) is 16.2. The lowest BCUT2D eigenvalue weighted by atomic mass is 10.1. The molecule has 28 heavy (non-hydrogen) atoms. The van der Waals surface area contributed by atoms with E-state index in [0.29, 0.717) is 16.5 Å². The Morgan fingerprint density at radius 3 is 2.71 bits per heavy atom. The van der Waals surface area contributed by atoms with Crippen molar-refractivity contribution in [1.82, 2.24) is 9.55 Å². The number of carbonyl (C=O) groups excluding carboxylic acids is 1. The maximum absolute atomic E-state index is 12.5. The van der Waals surface area contributed by atoms with Gasteiger partial charge in [-0.05, 0) is 44.0 Å². The number of amides is 1. The molecule has 2 aromatic carbocycles. The second-order valence-electron chi connectivity index (χ2n) is 6.51. The van der Waals surface area contributed by atoms with Gasteiger partial charge in [0.2, 0.25) is 5.91 Å². The van der Waals surface area contributed by atoms with E-state index in [1.165, 1.54) is 17.3 Å². The minimum absolute atomic E-state index is 0.139. The summed E-state index contributed by atoms with van der Waals surface area (Å²) in [4.78, 5) is 16.9. The molecule has 0 aliphatic carbocycles. The summed E-state index contributed by atoms with van der Waals surface area (Å²) in [5.41, 5.74) is 4.90. The van der Waals surface area contributed by atoms with Crippen LogP contribution in [0.5, 0.6) is 5.75 Å². The molecule has 0 saturated heterocycles. The number of anilines is 1. The summed E-state index contributed by atoms with van der Waals surface area (Å²) in [6.07, 6.45) is 3.65. The first kappa shape index (κ1) is 20.3. The number of carbonyl (C=O) groups is 1. The average molecular weight is 416 g/mol. The third kappa shape index (κ3) is 4.51. The number of imidazole rings is 1. The first-order chi connectivity index (χ1) is 13.4. The third-order valence-corrected chi connectivity index (χ3v) is 5.68. The van der Waals surface area contributed by atoms with Gasteiger partial charge in [0.05, 0.1) is 24.2 Å². The van der Waals surface area contributed by atoms with Gasteiger partial charge in [0.15, 0.2) is 5.16 Å². The van der Waals surface area contributed by atoms with Crippen molar-refractivity contribution in [3.8, 4) is 11.4 Å². The van der Waals surface area contributed by atoms with Gasteiger partial charge in [-0.25, -0.2) is 4.98 Å². The van der Waals surface area contributed by atoms with Crippen LogP contribution < -0.4 is 10.1 Å². The van der Waals surface area contributed by atoms with E-state index >= 15 is 0 Å². The lowest BCUT2D eigenvalue weighted by Crippen LogP contribution is -2.15. The third-order valence-electron chi connectivity index (χ3n) is 4.31. The Bertz CT molecular complexity index is 1020. The molecule has 0 aliphatic heterocycles. The predicted molar refractivity (Wildman–Crippen MR) is 115 cm³/mol. The van der Waals surface area contributed by atoms with Crippen LogP contribution in [0, 0.1) is 20.8 Å². The van der Waals surface area contributed by atoms with Crippen molar-refractivity contribution in [2.45, 2.75) is 25.9 Å². The van der Waals surface area contributed by atoms with Crippen LogP contribution in [0.15, 0.2) is 47.9 Å². The topological polar surface area (TPSA) is 56.1 Å². The molecule has 0 aliphatic rings. The van der Waals surface area contributed by atoms with Crippen LogP contribution in [0.25, 0.3) is 5.69 Å². The van der Waals surface area contributed by atoms with Crippen molar-refractivity contribution >= 4 is 35.0 Å². The fourth-order valence-corrected chi connectivity index (χ4v) is 3.82. The minimum atomic E-state index is -0.139. The molecular weight excluding hydrogens is 394 g/mol. The number of halogens is 1. The molecule has 3 aromatic rings. The van der Waals surface area contributed by atoms with Crippen molar-refractivity contribution in [2.24, 2.45) is 0 Å². The summed E-state index contributed by atoms with van der Waals surface area (Å²) >= 11 is 7.50. The van der Waals surface area contributed by atoms with Gasteiger partial charge in [-0.1, -0.05) is 41.1 Å². The Kier molecular flexibility index (Phi) is 6.31. The minimum Gasteiger partial charge on any atom is -0.495 e. The van der Waals surface area contributed by atoms with Crippen LogP contribution in [0.3, 0.4) is 0 Å². The molecule has 3 rings (SSSR count). The van der Waals surface area contributed by atoms with Crippen LogP contribution >= 0.6 is 23.4 Å². The van der Waals surface area contributed by atoms with Crippen LogP contribution in [-0.2, 0) is 4.79 Å². The molecule has 0 spiro atoms. The molecule has 146 valence electrons. The monoisotopic (exact) mass is 415 g/mol. The highest BCUT2D eigenvalue weighted by atomic mass is 35.5. The lowest BCUT2D eigenvalue weighted by Gasteiger charge is -2.13. The predicted octanol–water partition coefficient (Wildman–Crippen LogP) is 5.19. The quantitative estimate of drug-likeness (QED) is 0.563. The van der Waals surface area contributed by atoms with Crippen LogP contribution in [0.2, 0.25) is 5.02 Å². The number of ether oxygens (including phenoxy) is 1. The Morgan fingerprint density at radius 1 is 1.21 bits per heavy atom. The van der Waals surface area contributed by atoms with Gasteiger partial charge < -0.3 is 10.1 Å². The summed E-state index contributed by atoms with van der Waals surface area (Å²) in [7, 11) is 1.55. The summed E-state index contributed by atoms with van der Waals surface area (Å²) < 4.78 is 7.31. The molecule has 1 amide bonds. The van der Waals surface area contributed by atoms with Gasteiger partial charge in [-0.3, -0.25) is 9.36 Å². The van der Waals surface area contributed by atoms with E-state index in [9.17, 15) is 4.79 Å². The zero-order chi connectivity index (χ0) is 20.3. The molecule has 0 bridgehead atoms. The number of methoxy groups -OCH3 is 1. The van der Waals surface area contributed by atoms with E-state index in [1.54, 1.807) is 25.4 Å². The van der Waals surface area contributed by atoms with Gasteiger partial charge in [0, 0.05) is 23.5 Å². The first-order valence-electron chi connectivity index (χ1n) is 8.77. The van der Waals surface area contributed by atoms with Crippen molar-refractivity contribution in [3.63, 3.8) is 0 Å². The second-order valence-corrected chi connectivity index (χ2v) is 7.86. The number of rotatable bonds is 6. The number of hydrogen-bond donors (Lipinski definition) is 1. The van der Waals surface area contributed by atoms with Gasteiger partial charge in [-0.15, -0.1) is 0 Å². The molecule has 0 radical (unpaired) electrons. The summed E-state index contributed by atoms with van der Waals surface area (Å²) in [6, 6.07) is 9.77. The zero-order valence-corrected chi connectivity index (χ0v) is 17.8. The van der Waals surface area contributed by atoms with E-state index in [-0.39, 0.29) is 11.7 Å². The Labute approximate surface area is 174 Å². The highest BCUT2D eigenvalue weighted by Gasteiger charge is 2.13. The maximum atomic E-state index is 12.5. The van der Waals surface area contributed by atoms with Crippen molar-refractivity contribution < 1.29 is 9.53 Å². The molecule has 0 saturated carbocycles. The Balaban J connectivity index is 1.71. The van der Waals surface area contributed by atoms with Gasteiger partial charge in [-0.2, -0.15) is 0 Å². The van der Waals surface area contributed by atoms with Gasteiger partial charge in [0.1, 0.15) is 5.75 Å². The summed E-state index contributed by atoms with van der Waals surface area (Å²) in [6.45, 7) is 6.02. The molecule has 5 nitrogen and oxygen atoms in total. The lowest BCUT2D eigenvalue weighted by molar-refractivity contribution is -0.113. The summed E-state index contributed by atoms with van der Waals surface area (Å²) in [5.74, 6) is 0.623. The Hall–Kier alpha value is -2.44. The number of aromatic nitrogens is 2. The normalized spacial score (nSPS) is 10.8. The second kappa shape index (κ2) is 8.71. The fraction of sp³-hybridized carbons (Fsp3) is 0.238. The van der Waals surface area contributed by atoms with Crippen LogP contribution in [0.1, 0.15) is 16.7 Å². The van der Waals surface area contributed by atoms with E-state index in [0.717, 1.165) is 22.0 Å². The fourth-order valence-electron chi connectivity index (χ4n) is 2.90. The molecule has 1 aromatic heterocycles. The number of nitrogens with zero attached hydrogens (tertiary/aromatic N) is 2. The van der Waals surface area contributed by atoms with Crippen LogP contribution in [-0.4, -0.2) is 28.3 Å². The SMILES string of the molecule is COc1cc(Cl)c(C)cc1NC(=O)CSc1nccn1-c1ccc(C)cc1C. The Morgan fingerprint density at radius 2 is 2.00 bits per heavy atom. The largest absolute Gasteiger partial charge is 0.495 e. The number of benzene rings is 2. The molecule has 0 fully saturated rings. The molecule has 0 atom stereocenters. The van der Waals surface area contributed by atoms with E-state index < -0.39 is 0 Å². The number of aryl methyl sites for hydroxylation is 3. The average Bonchev–Trinajstić information content (AvgIpc) is 3.11. The number of thioether (sulfide) groups is 1. The van der Waals surface area contributed by atoms with E-state index in [1.807, 2.05) is 17.7 Å². The highest BCUT2D eigenvalue weighted by Crippen LogP contribution is 2.31. The molecule has 0 unspecified atom stereocenters. The highest BCUT2D eigenvalue weighted by molar-refractivity contribution is 7.99. The summed E-state index contributed by atoms with van der Waals surface area (Å²) in [5, 5.41) is 4.25. The molecular formula is C21H22ClN3O2S. The molecule has 7 heteroatoms. The van der Waals surface area contributed by atoms with E-state index in [4.69, 9.17) is 16.3 Å². The van der Waals surface area contributed by atoms with Crippen molar-refractivity contribution in [2.75, 3.05) is 18.2 Å². The number of hydrogen-bond acceptors (Lipinski definition) is 4. The van der Waals surface area contributed by atoms with Crippen molar-refractivity contribution in [3.05, 3.63) is 64.4 Å². The van der Waals surface area contributed by atoms with Gasteiger partial charge in [0.25, 0.3) is 0 Å². The standard InChI is InChI=1S/C21H22ClN3O2S/c1-13-5-6-18(15(3)9-13)25-8-7-23-21(25)28-12-20(26)24-17-10-14(2)16(22)11-19(17)27-4/h5-11H,12H2,1-4H3,(H,24,26).